The van der Waals surface area contributed by atoms with Crippen molar-refractivity contribution in [2.24, 2.45) is 0 Å². The highest BCUT2D eigenvalue weighted by Gasteiger charge is 2.19. The highest BCUT2D eigenvalue weighted by molar-refractivity contribution is 7.85. The van der Waals surface area contributed by atoms with Crippen LogP contribution in [0.5, 0.6) is 0 Å². The fourth-order valence-corrected chi connectivity index (χ4v) is 4.90. The number of aryl methyl sites for hydroxylation is 1. The van der Waals surface area contributed by atoms with E-state index in [1.54, 1.807) is 41.1 Å². The molecule has 0 aliphatic carbocycles. The van der Waals surface area contributed by atoms with Crippen LogP contribution in [0.2, 0.25) is 0 Å². The van der Waals surface area contributed by atoms with Gasteiger partial charge < -0.3 is 4.90 Å². The van der Waals surface area contributed by atoms with Crippen LogP contribution in [-0.4, -0.2) is 36.4 Å². The number of rotatable bonds is 7. The lowest BCUT2D eigenvalue weighted by atomic mass is 10.0. The molecule has 9 heteroatoms. The van der Waals surface area contributed by atoms with Gasteiger partial charge in [0.15, 0.2) is 0 Å². The number of nitrogens with zero attached hydrogens (tertiary/aromatic N) is 3. The van der Waals surface area contributed by atoms with E-state index < -0.39 is 27.0 Å². The lowest BCUT2D eigenvalue weighted by molar-refractivity contribution is -0.544. The maximum atomic E-state index is 13.6. The highest BCUT2D eigenvalue weighted by Crippen LogP contribution is 2.31. The summed E-state index contributed by atoms with van der Waals surface area (Å²) in [6.45, 7) is 5.94. The standard InChI is InChI=1S/C24H25N3O5S/c1-3-25(4-2)20-13-12-19-22-17(20)9-7-10-18(22)23(28)27(24(19)29)21-11-5-6-14-26(21)15-8-16-33(30,31)32/h5-7,9-14H,3-4,8,15-16H2,1-2H3/p+1. The van der Waals surface area contributed by atoms with Crippen molar-refractivity contribution in [2.75, 3.05) is 23.7 Å². The van der Waals surface area contributed by atoms with E-state index in [4.69, 9.17) is 4.55 Å². The molecule has 0 saturated carbocycles. The average Bonchev–Trinajstić information content (AvgIpc) is 2.79. The van der Waals surface area contributed by atoms with Crippen molar-refractivity contribution in [1.29, 1.82) is 0 Å². The van der Waals surface area contributed by atoms with Gasteiger partial charge >= 0.3 is 11.1 Å². The van der Waals surface area contributed by atoms with Crippen LogP contribution in [0.15, 0.2) is 64.3 Å². The molecule has 1 N–H and O–H groups in total. The monoisotopic (exact) mass is 468 g/mol. The molecule has 0 aliphatic rings. The molecule has 0 aliphatic heterocycles. The summed E-state index contributed by atoms with van der Waals surface area (Å²) in [5, 5.41) is 2.42. The van der Waals surface area contributed by atoms with Crippen LogP contribution < -0.4 is 20.3 Å². The van der Waals surface area contributed by atoms with Crippen molar-refractivity contribution in [2.45, 2.75) is 26.8 Å². The van der Waals surface area contributed by atoms with E-state index in [-0.39, 0.29) is 13.0 Å². The predicted octanol–water partition coefficient (Wildman–Crippen LogP) is 2.16. The molecule has 4 rings (SSSR count). The summed E-state index contributed by atoms with van der Waals surface area (Å²) in [5.41, 5.74) is 0.474. The molecule has 0 spiro atoms. The lowest BCUT2D eigenvalue weighted by Gasteiger charge is -2.23. The summed E-state index contributed by atoms with van der Waals surface area (Å²) < 4.78 is 34.0. The first kappa shape index (κ1) is 22.9. The summed E-state index contributed by atoms with van der Waals surface area (Å²) in [6.07, 6.45) is 1.82. The Morgan fingerprint density at radius 2 is 1.58 bits per heavy atom. The average molecular weight is 469 g/mol. The van der Waals surface area contributed by atoms with E-state index in [1.165, 1.54) is 0 Å². The molecular formula is C24H26N3O5S+. The Morgan fingerprint density at radius 1 is 0.909 bits per heavy atom. The Hall–Kier alpha value is -3.30. The number of anilines is 1. The van der Waals surface area contributed by atoms with Crippen molar-refractivity contribution < 1.29 is 17.2 Å². The van der Waals surface area contributed by atoms with E-state index in [2.05, 4.69) is 18.7 Å². The summed E-state index contributed by atoms with van der Waals surface area (Å²) in [7, 11) is -4.10. The first-order valence-corrected chi connectivity index (χ1v) is 12.5. The minimum atomic E-state index is -4.10. The maximum Gasteiger partial charge on any atom is 0.349 e. The second kappa shape index (κ2) is 8.92. The zero-order valence-electron chi connectivity index (χ0n) is 18.6. The predicted molar refractivity (Wildman–Crippen MR) is 129 cm³/mol. The Labute approximate surface area is 190 Å². The van der Waals surface area contributed by atoms with Crippen LogP contribution in [0.4, 0.5) is 5.69 Å². The minimum absolute atomic E-state index is 0.135. The van der Waals surface area contributed by atoms with Crippen LogP contribution >= 0.6 is 0 Å². The second-order valence-corrected chi connectivity index (χ2v) is 9.44. The lowest BCUT2D eigenvalue weighted by Crippen LogP contribution is -2.52. The zero-order chi connectivity index (χ0) is 23.8. The highest BCUT2D eigenvalue weighted by atomic mass is 32.2. The first-order valence-electron chi connectivity index (χ1n) is 10.9. The topological polar surface area (TPSA) is 103 Å². The van der Waals surface area contributed by atoms with Gasteiger partial charge in [-0.15, -0.1) is 4.24 Å². The van der Waals surface area contributed by atoms with Gasteiger partial charge in [0.05, 0.1) is 29.3 Å². The van der Waals surface area contributed by atoms with Gasteiger partial charge in [-0.3, -0.25) is 4.55 Å². The van der Waals surface area contributed by atoms with E-state index >= 15 is 0 Å². The molecule has 0 fully saturated rings. The largest absolute Gasteiger partial charge is 0.372 e. The van der Waals surface area contributed by atoms with Gasteiger partial charge in [0.2, 0.25) is 0 Å². The number of hydrogen-bond acceptors (Lipinski definition) is 5. The van der Waals surface area contributed by atoms with Crippen molar-refractivity contribution in [1.82, 2.24) is 4.57 Å². The molecule has 2 aromatic heterocycles. The molecule has 172 valence electrons. The molecule has 0 unspecified atom stereocenters. The van der Waals surface area contributed by atoms with E-state index in [1.807, 2.05) is 18.2 Å². The summed E-state index contributed by atoms with van der Waals surface area (Å²) in [4.78, 5) is 29.3. The molecule has 33 heavy (non-hydrogen) atoms. The van der Waals surface area contributed by atoms with Gasteiger partial charge in [-0.1, -0.05) is 18.2 Å². The normalized spacial score (nSPS) is 13.1. The molecule has 2 aromatic carbocycles. The Kier molecular flexibility index (Phi) is 6.18. The molecule has 0 atom stereocenters. The fourth-order valence-electron chi connectivity index (χ4n) is 4.41. The fraction of sp³-hybridized carbons (Fsp3) is 0.292. The molecule has 2 heterocycles. The van der Waals surface area contributed by atoms with Crippen LogP contribution in [0.25, 0.3) is 21.5 Å². The molecule has 0 bridgehead atoms. The second-order valence-electron chi connectivity index (χ2n) is 7.87. The quantitative estimate of drug-likeness (QED) is 0.329. The van der Waals surface area contributed by atoms with Crippen molar-refractivity contribution in [3.8, 4) is 0 Å². The van der Waals surface area contributed by atoms with Crippen LogP contribution in [0.3, 0.4) is 0 Å². The van der Waals surface area contributed by atoms with Gasteiger partial charge in [-0.25, -0.2) is 14.2 Å². The summed E-state index contributed by atoms with van der Waals surface area (Å²) in [5.74, 6) is -0.410. The minimum Gasteiger partial charge on any atom is -0.372 e. The molecule has 4 aromatic rings. The van der Waals surface area contributed by atoms with Crippen molar-refractivity contribution in [3.05, 3.63) is 80.9 Å². The Bertz CT molecular complexity index is 1610. The molecule has 0 amide bonds. The number of hydrogen-bond donors (Lipinski definition) is 1. The number of pyridine rings is 2. The number of aromatic nitrogens is 2. The molecule has 8 nitrogen and oxygen atoms in total. The van der Waals surface area contributed by atoms with Gasteiger partial charge in [0.25, 0.3) is 15.6 Å². The van der Waals surface area contributed by atoms with Gasteiger partial charge in [-0.2, -0.15) is 8.42 Å². The van der Waals surface area contributed by atoms with Crippen molar-refractivity contribution in [3.63, 3.8) is 0 Å². The summed E-state index contributed by atoms with van der Waals surface area (Å²) >= 11 is 0. The van der Waals surface area contributed by atoms with Gasteiger partial charge in [0.1, 0.15) is 0 Å². The maximum absolute atomic E-state index is 13.6. The van der Waals surface area contributed by atoms with Crippen LogP contribution in [-0.2, 0) is 16.7 Å². The SMILES string of the molecule is CCN(CC)c1ccc2c(=O)[n+](=c3ccccn3CCCS(=O)(=O)O)c(=O)c3cccc1c32. The van der Waals surface area contributed by atoms with Gasteiger partial charge in [0, 0.05) is 42.0 Å². The number of benzene rings is 2. The Morgan fingerprint density at radius 3 is 2.24 bits per heavy atom. The summed E-state index contributed by atoms with van der Waals surface area (Å²) in [6, 6.07) is 14.3. The zero-order valence-corrected chi connectivity index (χ0v) is 19.4. The van der Waals surface area contributed by atoms with Crippen LogP contribution in [0, 0.1) is 5.49 Å². The first-order chi connectivity index (χ1) is 15.8. The van der Waals surface area contributed by atoms with Crippen molar-refractivity contribution >= 4 is 37.4 Å². The molecule has 0 saturated heterocycles. The Balaban J connectivity index is 2.07. The third kappa shape index (κ3) is 4.21. The molecular weight excluding hydrogens is 442 g/mol. The van der Waals surface area contributed by atoms with E-state index in [0.29, 0.717) is 21.6 Å². The smallest absolute Gasteiger partial charge is 0.349 e. The molecule has 0 radical (unpaired) electrons. The van der Waals surface area contributed by atoms with E-state index in [0.717, 1.165) is 28.4 Å². The van der Waals surface area contributed by atoms with Gasteiger partial charge in [-0.05, 0) is 38.1 Å². The third-order valence-corrected chi connectivity index (χ3v) is 6.74. The third-order valence-electron chi connectivity index (χ3n) is 5.94. The van der Waals surface area contributed by atoms with E-state index in [9.17, 15) is 18.0 Å². The van der Waals surface area contributed by atoms with Crippen LogP contribution in [0.1, 0.15) is 20.3 Å².